The van der Waals surface area contributed by atoms with Gasteiger partial charge in [-0.15, -0.1) is 0 Å². The maximum Gasteiger partial charge on any atom is 0.335 e. The lowest BCUT2D eigenvalue weighted by Crippen LogP contribution is -2.52. The lowest BCUT2D eigenvalue weighted by Gasteiger charge is -2.45. The fourth-order valence-corrected chi connectivity index (χ4v) is 8.37. The second-order valence-electron chi connectivity index (χ2n) is 14.4. The van der Waals surface area contributed by atoms with Crippen LogP contribution in [0.1, 0.15) is 84.2 Å². The zero-order valence-electron chi connectivity index (χ0n) is 29.0. The van der Waals surface area contributed by atoms with Gasteiger partial charge in [0.2, 0.25) is 5.91 Å². The lowest BCUT2D eigenvalue weighted by molar-refractivity contribution is -0.129. The Morgan fingerprint density at radius 2 is 1.76 bits per heavy atom. The van der Waals surface area contributed by atoms with E-state index in [9.17, 15) is 18.4 Å². The summed E-state index contributed by atoms with van der Waals surface area (Å²) in [6.45, 7) is 5.25. The van der Waals surface area contributed by atoms with Crippen LogP contribution in [-0.4, -0.2) is 84.7 Å². The van der Waals surface area contributed by atoms with Gasteiger partial charge in [0.1, 0.15) is 11.9 Å². The minimum Gasteiger partial charge on any atom is -0.490 e. The van der Waals surface area contributed by atoms with Gasteiger partial charge in [-0.1, -0.05) is 0 Å². The maximum atomic E-state index is 14.6. The molecule has 4 aliphatic rings. The fourth-order valence-electron chi connectivity index (χ4n) is 8.37. The number of fused-ring (bicyclic) bond motifs is 2. The Bertz CT molecular complexity index is 1940. The molecule has 1 aliphatic carbocycles. The molecule has 2 fully saturated rings. The number of alkyl halides is 2. The van der Waals surface area contributed by atoms with Gasteiger partial charge in [0, 0.05) is 99.7 Å². The molecule has 1 saturated carbocycles. The summed E-state index contributed by atoms with van der Waals surface area (Å²) in [5.41, 5.74) is 5.38. The van der Waals surface area contributed by atoms with Crippen molar-refractivity contribution in [2.45, 2.75) is 83.0 Å². The third kappa shape index (κ3) is 6.36. The lowest BCUT2D eigenvalue weighted by atomic mass is 9.86. The van der Waals surface area contributed by atoms with Gasteiger partial charge in [0.25, 0.3) is 6.43 Å². The molecule has 2 aromatic carbocycles. The number of ether oxygens (including phenoxy) is 1. The minimum absolute atomic E-state index is 0.0144. The van der Waals surface area contributed by atoms with Gasteiger partial charge in [-0.05, 0) is 73.2 Å². The van der Waals surface area contributed by atoms with Gasteiger partial charge >= 0.3 is 5.97 Å². The van der Waals surface area contributed by atoms with Gasteiger partial charge in [0.15, 0.2) is 5.82 Å². The highest BCUT2D eigenvalue weighted by molar-refractivity contribution is 5.87. The number of carboxylic acids is 1. The van der Waals surface area contributed by atoms with Crippen molar-refractivity contribution in [3.8, 4) is 16.9 Å². The summed E-state index contributed by atoms with van der Waals surface area (Å²) in [5.74, 6) is 0.548. The number of hydrogen-bond donors (Lipinski definition) is 1. The van der Waals surface area contributed by atoms with Gasteiger partial charge in [-0.2, -0.15) is 10.2 Å². The topological polar surface area (TPSA) is 109 Å². The first-order valence-corrected chi connectivity index (χ1v) is 17.9. The van der Waals surface area contributed by atoms with Crippen molar-refractivity contribution < 1.29 is 28.2 Å². The number of aryl methyl sites for hydroxylation is 2. The average molecular weight is 700 g/mol. The van der Waals surface area contributed by atoms with Crippen molar-refractivity contribution in [2.75, 3.05) is 31.1 Å². The molecular formula is C38H43F2N7O4. The predicted octanol–water partition coefficient (Wildman–Crippen LogP) is 6.16. The van der Waals surface area contributed by atoms with Crippen LogP contribution in [0.2, 0.25) is 0 Å². The molecule has 0 spiro atoms. The number of likely N-dealkylation sites (tertiary alicyclic amines) is 1. The second-order valence-corrected chi connectivity index (χ2v) is 14.4. The molecule has 268 valence electrons. The number of amides is 1. The van der Waals surface area contributed by atoms with E-state index in [4.69, 9.17) is 14.9 Å². The number of nitrogens with zero attached hydrogens (tertiary/aromatic N) is 7. The second kappa shape index (κ2) is 13.4. The van der Waals surface area contributed by atoms with E-state index in [0.717, 1.165) is 79.9 Å². The summed E-state index contributed by atoms with van der Waals surface area (Å²) in [6.07, 6.45) is 7.00. The first-order valence-electron chi connectivity index (χ1n) is 17.9. The van der Waals surface area contributed by atoms with Gasteiger partial charge in [-0.25, -0.2) is 13.6 Å². The Morgan fingerprint density at radius 3 is 2.43 bits per heavy atom. The van der Waals surface area contributed by atoms with Crippen molar-refractivity contribution >= 4 is 23.4 Å². The molecule has 1 amide bonds. The summed E-state index contributed by atoms with van der Waals surface area (Å²) < 4.78 is 39.2. The third-order valence-electron chi connectivity index (χ3n) is 11.2. The standard InChI is InChI=1S/C38H43F2N7O4/c1-23(48)45-15-11-34-33(22-45)37(46-12-3-4-25-16-31(26-20-41-43(2)21-26)32(36(39)40)19-35(25)46)42-47(34)27-9-13-44(14-10-27)28-17-30(18-28)51-29-7-5-24(6-8-29)38(49)50/h5-8,16,19-21,27-28,30,36H,3-4,9-15,17-18,22H2,1-2H3,(H,49,50). The number of benzene rings is 2. The fraction of sp³-hybridized carbons (Fsp3) is 0.474. The molecule has 0 atom stereocenters. The SMILES string of the molecule is CC(=O)N1CCc2c(c(N3CCCc4cc(-c5cnn(C)c5)c(C(F)F)cc43)nn2C2CCN(C3CC(Oc4ccc(C(=O)O)cc4)C3)CC2)C1. The van der Waals surface area contributed by atoms with Gasteiger partial charge < -0.3 is 19.6 Å². The normalized spacial score (nSPS) is 21.0. The van der Waals surface area contributed by atoms with Crippen molar-refractivity contribution in [3.05, 3.63) is 76.7 Å². The third-order valence-corrected chi connectivity index (χ3v) is 11.2. The van der Waals surface area contributed by atoms with Crippen LogP contribution in [0.5, 0.6) is 5.75 Å². The van der Waals surface area contributed by atoms with E-state index >= 15 is 0 Å². The number of anilines is 2. The first-order chi connectivity index (χ1) is 24.6. The molecule has 8 rings (SSSR count). The van der Waals surface area contributed by atoms with E-state index in [0.29, 0.717) is 49.0 Å². The number of carboxylic acid groups (broad SMARTS) is 1. The Hall–Kier alpha value is -4.78. The number of carbonyl (C=O) groups is 2. The molecule has 51 heavy (non-hydrogen) atoms. The van der Waals surface area contributed by atoms with Crippen LogP contribution >= 0.6 is 0 Å². The predicted molar refractivity (Wildman–Crippen MR) is 187 cm³/mol. The molecule has 5 heterocycles. The first kappa shape index (κ1) is 33.4. The minimum atomic E-state index is -2.65. The van der Waals surface area contributed by atoms with Crippen LogP contribution in [0.25, 0.3) is 11.1 Å². The summed E-state index contributed by atoms with van der Waals surface area (Å²) >= 11 is 0. The van der Waals surface area contributed by atoms with Crippen molar-refractivity contribution in [1.29, 1.82) is 0 Å². The number of piperidine rings is 1. The van der Waals surface area contributed by atoms with Crippen molar-refractivity contribution in [2.24, 2.45) is 7.05 Å². The molecule has 1 N–H and O–H groups in total. The molecule has 4 aromatic rings. The smallest absolute Gasteiger partial charge is 0.335 e. The number of aromatic nitrogens is 4. The quantitative estimate of drug-likeness (QED) is 0.233. The van der Waals surface area contributed by atoms with E-state index in [1.165, 1.54) is 0 Å². The molecule has 3 aliphatic heterocycles. The van der Waals surface area contributed by atoms with Crippen LogP contribution in [0, 0.1) is 0 Å². The van der Waals surface area contributed by atoms with Crippen LogP contribution in [0.4, 0.5) is 20.3 Å². The van der Waals surface area contributed by atoms with Gasteiger partial charge in [0.05, 0.1) is 24.3 Å². The molecular weight excluding hydrogens is 656 g/mol. The monoisotopic (exact) mass is 699 g/mol. The number of carbonyl (C=O) groups excluding carboxylic acids is 1. The number of hydrogen-bond acceptors (Lipinski definition) is 7. The maximum absolute atomic E-state index is 14.6. The Morgan fingerprint density at radius 1 is 1.00 bits per heavy atom. The molecule has 1 saturated heterocycles. The Balaban J connectivity index is 1.01. The zero-order valence-corrected chi connectivity index (χ0v) is 29.0. The van der Waals surface area contributed by atoms with E-state index in [2.05, 4.69) is 19.6 Å². The largest absolute Gasteiger partial charge is 0.490 e. The van der Waals surface area contributed by atoms with Crippen molar-refractivity contribution in [1.82, 2.24) is 29.4 Å². The highest BCUT2D eigenvalue weighted by atomic mass is 19.3. The molecule has 2 aromatic heterocycles. The number of rotatable bonds is 8. The summed E-state index contributed by atoms with van der Waals surface area (Å²) in [7, 11) is 1.78. The van der Waals surface area contributed by atoms with Crippen LogP contribution in [0.3, 0.4) is 0 Å². The average Bonchev–Trinajstić information content (AvgIpc) is 3.72. The van der Waals surface area contributed by atoms with Crippen molar-refractivity contribution in [3.63, 3.8) is 0 Å². The van der Waals surface area contributed by atoms with E-state index in [1.807, 2.05) is 11.0 Å². The highest BCUT2D eigenvalue weighted by Gasteiger charge is 2.39. The Labute approximate surface area is 295 Å². The van der Waals surface area contributed by atoms with Gasteiger partial charge in [-0.3, -0.25) is 19.1 Å². The summed E-state index contributed by atoms with van der Waals surface area (Å²) in [6, 6.07) is 10.8. The van der Waals surface area contributed by atoms with E-state index < -0.39 is 12.4 Å². The molecule has 0 radical (unpaired) electrons. The number of halogens is 2. The summed E-state index contributed by atoms with van der Waals surface area (Å²) in [4.78, 5) is 30.2. The van der Waals surface area contributed by atoms with E-state index in [-0.39, 0.29) is 29.2 Å². The van der Waals surface area contributed by atoms with Crippen LogP contribution in [-0.2, 0) is 31.2 Å². The highest BCUT2D eigenvalue weighted by Crippen LogP contribution is 2.44. The van der Waals surface area contributed by atoms with E-state index in [1.54, 1.807) is 61.4 Å². The van der Waals surface area contributed by atoms with Crippen LogP contribution < -0.4 is 9.64 Å². The Kier molecular flexibility index (Phi) is 8.77. The van der Waals surface area contributed by atoms with Crippen LogP contribution in [0.15, 0.2) is 48.8 Å². The number of aromatic carboxylic acids is 1. The molecule has 0 unspecified atom stereocenters. The zero-order chi connectivity index (χ0) is 35.4. The molecule has 13 heteroatoms. The molecule has 11 nitrogen and oxygen atoms in total. The molecule has 0 bridgehead atoms. The summed E-state index contributed by atoms with van der Waals surface area (Å²) in [5, 5.41) is 18.7.